The van der Waals surface area contributed by atoms with Crippen LogP contribution in [0.15, 0.2) is 40.9 Å². The molecule has 0 bridgehead atoms. The van der Waals surface area contributed by atoms with E-state index in [1.807, 2.05) is 6.07 Å². The number of methoxy groups -OCH3 is 1. The summed E-state index contributed by atoms with van der Waals surface area (Å²) in [6.45, 7) is 0.294. The van der Waals surface area contributed by atoms with Gasteiger partial charge in [0, 0.05) is 23.2 Å². The lowest BCUT2D eigenvalue weighted by Crippen LogP contribution is -2.04. The lowest BCUT2D eigenvalue weighted by atomic mass is 10.2. The molecule has 0 radical (unpaired) electrons. The van der Waals surface area contributed by atoms with Gasteiger partial charge in [-0.1, -0.05) is 15.9 Å². The van der Waals surface area contributed by atoms with E-state index >= 15 is 0 Å². The van der Waals surface area contributed by atoms with Crippen molar-refractivity contribution in [3.8, 4) is 5.75 Å². The van der Waals surface area contributed by atoms with Gasteiger partial charge in [-0.05, 0) is 29.8 Å². The molecule has 1 N–H and O–H groups in total. The molecule has 0 amide bonds. The second-order valence-corrected chi connectivity index (χ2v) is 5.08. The maximum Gasteiger partial charge on any atom is 0.292 e. The number of anilines is 1. The first-order valence-corrected chi connectivity index (χ1v) is 6.81. The van der Waals surface area contributed by atoms with Crippen LogP contribution in [0, 0.1) is 15.9 Å². The van der Waals surface area contributed by atoms with Crippen LogP contribution in [0.25, 0.3) is 0 Å². The van der Waals surface area contributed by atoms with Gasteiger partial charge in [-0.2, -0.15) is 0 Å². The highest BCUT2D eigenvalue weighted by Crippen LogP contribution is 2.27. The molecule has 0 saturated carbocycles. The molecule has 0 aliphatic carbocycles. The summed E-state index contributed by atoms with van der Waals surface area (Å²) in [5, 5.41) is 13.8. The van der Waals surface area contributed by atoms with Crippen LogP contribution >= 0.6 is 15.9 Å². The van der Waals surface area contributed by atoms with Crippen LogP contribution in [0.5, 0.6) is 5.75 Å². The summed E-state index contributed by atoms with van der Waals surface area (Å²) in [5.41, 5.74) is 0.804. The zero-order valence-corrected chi connectivity index (χ0v) is 12.7. The van der Waals surface area contributed by atoms with E-state index in [0.29, 0.717) is 12.3 Å². The van der Waals surface area contributed by atoms with Crippen molar-refractivity contribution in [3.05, 3.63) is 62.4 Å². The zero-order chi connectivity index (χ0) is 15.4. The van der Waals surface area contributed by atoms with Crippen LogP contribution in [0.1, 0.15) is 5.56 Å². The summed E-state index contributed by atoms with van der Waals surface area (Å²) in [5.74, 6) is 0.136. The summed E-state index contributed by atoms with van der Waals surface area (Å²) >= 11 is 3.39. The number of rotatable bonds is 5. The van der Waals surface area contributed by atoms with Crippen molar-refractivity contribution in [2.45, 2.75) is 6.54 Å². The molecule has 2 aromatic rings. The van der Waals surface area contributed by atoms with Gasteiger partial charge < -0.3 is 10.1 Å². The number of hydrogen-bond donors (Lipinski definition) is 1. The van der Waals surface area contributed by atoms with E-state index in [1.54, 1.807) is 19.2 Å². The number of nitrogens with zero attached hydrogens (tertiary/aromatic N) is 1. The molecule has 0 atom stereocenters. The highest BCUT2D eigenvalue weighted by Gasteiger charge is 2.14. The molecular formula is C14H12BrFN2O3. The maximum atomic E-state index is 13.2. The van der Waals surface area contributed by atoms with Gasteiger partial charge in [-0.15, -0.1) is 0 Å². The summed E-state index contributed by atoms with van der Waals surface area (Å²) in [7, 11) is 1.55. The van der Waals surface area contributed by atoms with Crippen molar-refractivity contribution in [2.75, 3.05) is 12.4 Å². The normalized spacial score (nSPS) is 10.2. The molecule has 0 unspecified atom stereocenters. The van der Waals surface area contributed by atoms with Crippen molar-refractivity contribution < 1.29 is 14.1 Å². The largest absolute Gasteiger partial charge is 0.497 e. The topological polar surface area (TPSA) is 64.4 Å². The first-order chi connectivity index (χ1) is 10.0. The first kappa shape index (κ1) is 15.2. The van der Waals surface area contributed by atoms with E-state index < -0.39 is 10.7 Å². The van der Waals surface area contributed by atoms with Gasteiger partial charge in [-0.3, -0.25) is 10.1 Å². The average molecular weight is 355 g/mol. The third-order valence-electron chi connectivity index (χ3n) is 2.88. The number of nitro groups is 1. The fraction of sp³-hybridized carbons (Fsp3) is 0.143. The number of ether oxygens (including phenoxy) is 1. The van der Waals surface area contributed by atoms with Gasteiger partial charge in [0.2, 0.25) is 0 Å². The third kappa shape index (κ3) is 3.69. The Labute approximate surface area is 129 Å². The lowest BCUT2D eigenvalue weighted by Gasteiger charge is -2.10. The SMILES string of the molecule is COc1ccc(Br)c(CNc2cc(F)ccc2[N+](=O)[O-])c1. The second kappa shape index (κ2) is 6.53. The predicted octanol–water partition coefficient (Wildman–Crippen LogP) is 4.12. The molecule has 0 spiro atoms. The molecule has 110 valence electrons. The van der Waals surface area contributed by atoms with Gasteiger partial charge in [0.1, 0.15) is 17.3 Å². The minimum atomic E-state index is -0.553. The Kier molecular flexibility index (Phi) is 4.74. The van der Waals surface area contributed by atoms with Crippen LogP contribution in [0.3, 0.4) is 0 Å². The molecular weight excluding hydrogens is 343 g/mol. The smallest absolute Gasteiger partial charge is 0.292 e. The Hall–Kier alpha value is -2.15. The molecule has 5 nitrogen and oxygen atoms in total. The Balaban J connectivity index is 2.24. The van der Waals surface area contributed by atoms with E-state index in [0.717, 1.165) is 28.2 Å². The van der Waals surface area contributed by atoms with Gasteiger partial charge in [-0.25, -0.2) is 4.39 Å². The Bertz CT molecular complexity index is 679. The summed E-state index contributed by atoms with van der Waals surface area (Å²) < 4.78 is 19.2. The molecule has 0 aromatic heterocycles. The first-order valence-electron chi connectivity index (χ1n) is 6.01. The monoisotopic (exact) mass is 354 g/mol. The number of nitro benzene ring substituents is 1. The van der Waals surface area contributed by atoms with Gasteiger partial charge in [0.25, 0.3) is 5.69 Å². The molecule has 2 rings (SSSR count). The summed E-state index contributed by atoms with van der Waals surface area (Å²) in [6.07, 6.45) is 0. The molecule has 0 heterocycles. The molecule has 0 aliphatic rings. The Morgan fingerprint density at radius 2 is 2.10 bits per heavy atom. The average Bonchev–Trinajstić information content (AvgIpc) is 2.46. The highest BCUT2D eigenvalue weighted by atomic mass is 79.9. The van der Waals surface area contributed by atoms with Gasteiger partial charge in [0.05, 0.1) is 12.0 Å². The number of hydrogen-bond acceptors (Lipinski definition) is 4. The van der Waals surface area contributed by atoms with E-state index in [2.05, 4.69) is 21.2 Å². The standard InChI is InChI=1S/C14H12BrFN2O3/c1-21-11-3-4-12(15)9(6-11)8-17-13-7-10(16)2-5-14(13)18(19)20/h2-7,17H,8H2,1H3. The van der Waals surface area contributed by atoms with E-state index in [1.165, 1.54) is 0 Å². The Morgan fingerprint density at radius 1 is 1.33 bits per heavy atom. The van der Waals surface area contributed by atoms with Crippen LogP contribution in [-0.4, -0.2) is 12.0 Å². The molecule has 21 heavy (non-hydrogen) atoms. The van der Waals surface area contributed by atoms with Crippen LogP contribution in [0.2, 0.25) is 0 Å². The van der Waals surface area contributed by atoms with E-state index in [9.17, 15) is 14.5 Å². The van der Waals surface area contributed by atoms with Crippen molar-refractivity contribution in [2.24, 2.45) is 0 Å². The van der Waals surface area contributed by atoms with Crippen molar-refractivity contribution in [3.63, 3.8) is 0 Å². The second-order valence-electron chi connectivity index (χ2n) is 4.23. The van der Waals surface area contributed by atoms with Gasteiger partial charge >= 0.3 is 0 Å². The molecule has 0 aliphatic heterocycles. The van der Waals surface area contributed by atoms with Crippen LogP contribution < -0.4 is 10.1 Å². The number of benzene rings is 2. The quantitative estimate of drug-likeness (QED) is 0.647. The maximum absolute atomic E-state index is 13.2. The van der Waals surface area contributed by atoms with Gasteiger partial charge in [0.15, 0.2) is 0 Å². The number of nitrogens with one attached hydrogen (secondary N) is 1. The van der Waals surface area contributed by atoms with E-state index in [4.69, 9.17) is 4.74 Å². The molecule has 0 saturated heterocycles. The van der Waals surface area contributed by atoms with E-state index in [-0.39, 0.29) is 11.4 Å². The molecule has 0 fully saturated rings. The predicted molar refractivity (Wildman–Crippen MR) is 81.1 cm³/mol. The van der Waals surface area contributed by atoms with Crippen molar-refractivity contribution >= 4 is 27.3 Å². The van der Waals surface area contributed by atoms with Crippen molar-refractivity contribution in [1.82, 2.24) is 0 Å². The van der Waals surface area contributed by atoms with Crippen LogP contribution in [-0.2, 0) is 6.54 Å². The molecule has 7 heteroatoms. The summed E-state index contributed by atoms with van der Waals surface area (Å²) in [4.78, 5) is 10.4. The fourth-order valence-electron chi connectivity index (χ4n) is 1.81. The minimum absolute atomic E-state index is 0.134. The van der Waals surface area contributed by atoms with Crippen molar-refractivity contribution in [1.29, 1.82) is 0 Å². The summed E-state index contributed by atoms with van der Waals surface area (Å²) in [6, 6.07) is 8.70. The fourth-order valence-corrected chi connectivity index (χ4v) is 2.20. The van der Waals surface area contributed by atoms with Crippen LogP contribution in [0.4, 0.5) is 15.8 Å². The number of halogens is 2. The molecule has 2 aromatic carbocycles. The zero-order valence-electron chi connectivity index (χ0n) is 11.1. The Morgan fingerprint density at radius 3 is 2.76 bits per heavy atom. The third-order valence-corrected chi connectivity index (χ3v) is 3.65. The minimum Gasteiger partial charge on any atom is -0.497 e. The highest BCUT2D eigenvalue weighted by molar-refractivity contribution is 9.10. The lowest BCUT2D eigenvalue weighted by molar-refractivity contribution is -0.384.